The molecule has 0 amide bonds. The number of nitrogens with one attached hydrogen (secondary N) is 1. The lowest BCUT2D eigenvalue weighted by Crippen LogP contribution is -2.23. The van der Waals surface area contributed by atoms with Crippen LogP contribution in [0.2, 0.25) is 0 Å². The molecule has 0 aliphatic carbocycles. The molecule has 0 saturated carbocycles. The molecular weight excluding hydrogens is 404 g/mol. The van der Waals surface area contributed by atoms with Gasteiger partial charge in [0, 0.05) is 30.7 Å². The van der Waals surface area contributed by atoms with Crippen LogP contribution in [0.25, 0.3) is 10.4 Å². The number of hydrogen-bond acceptors (Lipinski definition) is 5. The summed E-state index contributed by atoms with van der Waals surface area (Å²) in [5.41, 5.74) is 7.78. The van der Waals surface area contributed by atoms with Crippen molar-refractivity contribution in [2.75, 3.05) is 19.6 Å². The highest BCUT2D eigenvalue weighted by atomic mass is 16.6. The molecule has 0 atom stereocenters. The number of nitrogens with zero attached hydrogens (tertiary/aromatic N) is 3. The Morgan fingerprint density at radius 3 is 1.75 bits per heavy atom. The molecule has 0 bridgehead atoms. The molecule has 0 aromatic heterocycles. The Bertz CT molecular complexity index is 526. The van der Waals surface area contributed by atoms with E-state index in [1.165, 1.54) is 38.5 Å². The van der Waals surface area contributed by atoms with Crippen molar-refractivity contribution in [1.82, 2.24) is 5.32 Å². The van der Waals surface area contributed by atoms with Crippen LogP contribution in [0.15, 0.2) is 5.11 Å². The van der Waals surface area contributed by atoms with Crippen molar-refractivity contribution in [3.05, 3.63) is 10.4 Å². The Hall–Kier alpha value is -1.59. The molecule has 0 unspecified atom stereocenters. The van der Waals surface area contributed by atoms with Gasteiger partial charge in [-0.2, -0.15) is 0 Å². The van der Waals surface area contributed by atoms with Gasteiger partial charge >= 0.3 is 5.97 Å². The van der Waals surface area contributed by atoms with Crippen LogP contribution < -0.4 is 5.32 Å². The molecule has 0 rings (SSSR count). The second kappa shape index (κ2) is 21.3. The molecule has 0 spiro atoms. The lowest BCUT2D eigenvalue weighted by Gasteiger charge is -2.19. The molecule has 32 heavy (non-hydrogen) atoms. The van der Waals surface area contributed by atoms with Crippen LogP contribution >= 0.6 is 0 Å². The summed E-state index contributed by atoms with van der Waals surface area (Å²) in [5.74, 6) is 0.269. The summed E-state index contributed by atoms with van der Waals surface area (Å²) in [5, 5.41) is 6.89. The number of carbonyl (C=O) groups is 2. The van der Waals surface area contributed by atoms with E-state index in [0.29, 0.717) is 25.2 Å². The zero-order chi connectivity index (χ0) is 23.9. The van der Waals surface area contributed by atoms with Crippen molar-refractivity contribution >= 4 is 11.8 Å². The maximum Gasteiger partial charge on any atom is 0.306 e. The van der Waals surface area contributed by atoms with Crippen LogP contribution in [-0.4, -0.2) is 37.0 Å². The Morgan fingerprint density at radius 1 is 0.750 bits per heavy atom. The van der Waals surface area contributed by atoms with E-state index in [1.807, 2.05) is 20.8 Å². The van der Waals surface area contributed by atoms with Crippen molar-refractivity contribution in [3.63, 3.8) is 0 Å². The molecule has 0 aromatic carbocycles. The maximum absolute atomic E-state index is 12.0. The highest BCUT2D eigenvalue weighted by Gasteiger charge is 2.15. The first-order valence-corrected chi connectivity index (χ1v) is 12.8. The average Bonchev–Trinajstić information content (AvgIpc) is 2.72. The summed E-state index contributed by atoms with van der Waals surface area (Å²) >= 11 is 0. The maximum atomic E-state index is 12.0. The molecule has 1 N–H and O–H groups in total. The minimum absolute atomic E-state index is 0.124. The van der Waals surface area contributed by atoms with E-state index in [2.05, 4.69) is 15.3 Å². The van der Waals surface area contributed by atoms with Crippen LogP contribution in [0.1, 0.15) is 124 Å². The minimum atomic E-state index is -0.405. The van der Waals surface area contributed by atoms with Crippen molar-refractivity contribution < 1.29 is 14.3 Å². The van der Waals surface area contributed by atoms with Crippen LogP contribution in [-0.2, 0) is 14.3 Å². The van der Waals surface area contributed by atoms with E-state index >= 15 is 0 Å². The number of hydrogen-bond donors (Lipinski definition) is 1. The molecule has 0 heterocycles. The van der Waals surface area contributed by atoms with Crippen LogP contribution in [0, 0.1) is 0 Å². The van der Waals surface area contributed by atoms with E-state index in [4.69, 9.17) is 10.3 Å². The van der Waals surface area contributed by atoms with E-state index in [1.54, 1.807) is 0 Å². The number of rotatable bonds is 22. The highest BCUT2D eigenvalue weighted by Crippen LogP contribution is 2.13. The van der Waals surface area contributed by atoms with Gasteiger partial charge in [0.15, 0.2) is 0 Å². The van der Waals surface area contributed by atoms with Crippen LogP contribution in [0.5, 0.6) is 0 Å². The SMILES string of the molecule is CC(C)(C)OC(=O)CCCCCCC(=O)CCCCCCCCCCNCCCN=[N+]=[N-]. The third-order valence-corrected chi connectivity index (χ3v) is 5.24. The monoisotopic (exact) mass is 452 g/mol. The normalized spacial score (nSPS) is 11.2. The Kier molecular flexibility index (Phi) is 20.2. The fourth-order valence-electron chi connectivity index (χ4n) is 3.54. The van der Waals surface area contributed by atoms with Gasteiger partial charge in [0.25, 0.3) is 0 Å². The van der Waals surface area contributed by atoms with Gasteiger partial charge in [0.1, 0.15) is 11.4 Å². The zero-order valence-electron chi connectivity index (χ0n) is 21.0. The summed E-state index contributed by atoms with van der Waals surface area (Å²) in [6.45, 7) is 8.20. The van der Waals surface area contributed by atoms with Crippen LogP contribution in [0.3, 0.4) is 0 Å². The van der Waals surface area contributed by atoms with Gasteiger partial charge in [0.2, 0.25) is 0 Å². The first-order valence-electron chi connectivity index (χ1n) is 12.8. The summed E-state index contributed by atoms with van der Waals surface area (Å²) in [7, 11) is 0. The predicted octanol–water partition coefficient (Wildman–Crippen LogP) is 7.04. The topological polar surface area (TPSA) is 104 Å². The Balaban J connectivity index is 3.28. The quantitative estimate of drug-likeness (QED) is 0.0625. The van der Waals surface area contributed by atoms with Gasteiger partial charge in [-0.25, -0.2) is 0 Å². The fraction of sp³-hybridized carbons (Fsp3) is 0.920. The van der Waals surface area contributed by atoms with E-state index in [-0.39, 0.29) is 5.97 Å². The van der Waals surface area contributed by atoms with Gasteiger partial charge in [-0.15, -0.1) is 0 Å². The number of azide groups is 1. The first-order chi connectivity index (χ1) is 15.3. The smallest absolute Gasteiger partial charge is 0.306 e. The van der Waals surface area contributed by atoms with E-state index in [0.717, 1.165) is 64.5 Å². The molecule has 0 aliphatic rings. The summed E-state index contributed by atoms with van der Waals surface area (Å²) in [4.78, 5) is 26.3. The van der Waals surface area contributed by atoms with Gasteiger partial charge < -0.3 is 10.1 Å². The second-order valence-corrected chi connectivity index (χ2v) is 9.68. The molecule has 0 aliphatic heterocycles. The number of ether oxygens (including phenoxy) is 1. The van der Waals surface area contributed by atoms with E-state index in [9.17, 15) is 9.59 Å². The third-order valence-electron chi connectivity index (χ3n) is 5.24. The van der Waals surface area contributed by atoms with Crippen molar-refractivity contribution in [2.45, 2.75) is 129 Å². The first kappa shape index (κ1) is 30.4. The van der Waals surface area contributed by atoms with Crippen molar-refractivity contribution in [3.8, 4) is 0 Å². The lowest BCUT2D eigenvalue weighted by atomic mass is 10.0. The summed E-state index contributed by atoms with van der Waals surface area (Å²) in [6, 6.07) is 0. The molecule has 7 heteroatoms. The molecule has 186 valence electrons. The largest absolute Gasteiger partial charge is 0.460 e. The van der Waals surface area contributed by atoms with Gasteiger partial charge in [-0.1, -0.05) is 56.5 Å². The van der Waals surface area contributed by atoms with Crippen molar-refractivity contribution in [1.29, 1.82) is 0 Å². The highest BCUT2D eigenvalue weighted by molar-refractivity contribution is 5.78. The molecule has 0 saturated heterocycles. The Morgan fingerprint density at radius 2 is 1.22 bits per heavy atom. The van der Waals surface area contributed by atoms with Crippen molar-refractivity contribution in [2.24, 2.45) is 5.11 Å². The minimum Gasteiger partial charge on any atom is -0.460 e. The van der Waals surface area contributed by atoms with E-state index < -0.39 is 5.60 Å². The lowest BCUT2D eigenvalue weighted by molar-refractivity contribution is -0.154. The van der Waals surface area contributed by atoms with Gasteiger partial charge in [-0.3, -0.25) is 9.59 Å². The fourth-order valence-corrected chi connectivity index (χ4v) is 3.54. The zero-order valence-corrected chi connectivity index (χ0v) is 21.0. The molecule has 0 fully saturated rings. The summed E-state index contributed by atoms with van der Waals surface area (Å²) in [6.07, 6.45) is 16.3. The third kappa shape index (κ3) is 24.7. The average molecular weight is 453 g/mol. The number of unbranched alkanes of at least 4 members (excludes halogenated alkanes) is 10. The number of ketones is 1. The molecule has 0 radical (unpaired) electrons. The molecule has 0 aromatic rings. The van der Waals surface area contributed by atoms with Crippen LogP contribution in [0.4, 0.5) is 0 Å². The Labute approximate surface area is 196 Å². The number of esters is 1. The standard InChI is InChI=1S/C25H48N4O3/c1-25(2,3)32-24(31)19-14-10-9-13-18-23(30)17-12-8-6-4-5-7-11-15-20-27-21-16-22-28-29-26/h27H,4-22H2,1-3H3. The van der Waals surface area contributed by atoms with Gasteiger partial charge in [-0.05, 0) is 71.5 Å². The second-order valence-electron chi connectivity index (χ2n) is 9.68. The number of carbonyl (C=O) groups excluding carboxylic acids is 2. The summed E-state index contributed by atoms with van der Waals surface area (Å²) < 4.78 is 5.30. The van der Waals surface area contributed by atoms with Gasteiger partial charge in [0.05, 0.1) is 0 Å². The number of Topliss-reactive ketones (excluding diaryl/α,β-unsaturated/α-hetero) is 1. The molecule has 7 nitrogen and oxygen atoms in total. The predicted molar refractivity (Wildman–Crippen MR) is 132 cm³/mol. The molecular formula is C25H48N4O3.